The summed E-state index contributed by atoms with van der Waals surface area (Å²) < 4.78 is 29.3. The Morgan fingerprint density at radius 2 is 2.05 bits per heavy atom. The second-order valence-electron chi connectivity index (χ2n) is 4.76. The van der Waals surface area contributed by atoms with Crippen LogP contribution in [0.5, 0.6) is 0 Å². The van der Waals surface area contributed by atoms with Crippen molar-refractivity contribution in [1.82, 2.24) is 9.78 Å². The molecule has 2 aromatic rings. The first kappa shape index (κ1) is 16.1. The fourth-order valence-corrected chi connectivity index (χ4v) is 3.00. The van der Waals surface area contributed by atoms with Gasteiger partial charge in [-0.15, -0.1) is 0 Å². The second-order valence-corrected chi connectivity index (χ2v) is 5.56. The molecule has 3 nitrogen and oxygen atoms in total. The van der Waals surface area contributed by atoms with Crippen LogP contribution in [0.3, 0.4) is 0 Å². The molecule has 2 rings (SSSR count). The summed E-state index contributed by atoms with van der Waals surface area (Å²) in [7, 11) is 0. The molecule has 0 spiro atoms. The number of nitrogens with zero attached hydrogens (tertiary/aromatic N) is 2. The van der Waals surface area contributed by atoms with Gasteiger partial charge < -0.3 is 5.11 Å². The van der Waals surface area contributed by atoms with E-state index in [4.69, 9.17) is 0 Å². The van der Waals surface area contributed by atoms with Crippen molar-refractivity contribution in [2.24, 2.45) is 0 Å². The molecule has 0 radical (unpaired) electrons. The zero-order valence-electron chi connectivity index (χ0n) is 11.9. The third-order valence-electron chi connectivity index (χ3n) is 3.40. The van der Waals surface area contributed by atoms with Gasteiger partial charge in [-0.2, -0.15) is 5.10 Å². The topological polar surface area (TPSA) is 38.0 Å². The van der Waals surface area contributed by atoms with E-state index in [1.165, 1.54) is 6.07 Å². The maximum absolute atomic E-state index is 13.7. The molecule has 0 bridgehead atoms. The number of benzene rings is 1. The second kappa shape index (κ2) is 6.66. The van der Waals surface area contributed by atoms with E-state index in [1.54, 1.807) is 4.68 Å². The van der Waals surface area contributed by atoms with Crippen molar-refractivity contribution < 1.29 is 13.9 Å². The fraction of sp³-hybridized carbons (Fsp3) is 0.400. The Labute approximate surface area is 130 Å². The van der Waals surface area contributed by atoms with E-state index in [2.05, 4.69) is 21.0 Å². The fourth-order valence-electron chi connectivity index (χ4n) is 2.28. The van der Waals surface area contributed by atoms with Gasteiger partial charge in [-0.05, 0) is 35.3 Å². The van der Waals surface area contributed by atoms with Gasteiger partial charge in [0.25, 0.3) is 0 Å². The first-order valence-electron chi connectivity index (χ1n) is 6.84. The Morgan fingerprint density at radius 1 is 1.33 bits per heavy atom. The van der Waals surface area contributed by atoms with E-state index in [-0.39, 0.29) is 12.0 Å². The lowest BCUT2D eigenvalue weighted by Crippen LogP contribution is -2.10. The third-order valence-corrected chi connectivity index (χ3v) is 4.32. The predicted molar refractivity (Wildman–Crippen MR) is 80.0 cm³/mol. The first-order chi connectivity index (χ1) is 9.97. The summed E-state index contributed by atoms with van der Waals surface area (Å²) in [5.74, 6) is -1.39. The number of rotatable bonds is 5. The standard InChI is InChI=1S/C15H17BrF2N2O/c1-3-12-15(16)13(20(4-2)19-12)8-14(21)10-6-5-9(17)7-11(10)18/h5-7,14,21H,3-4,8H2,1-2H3. The van der Waals surface area contributed by atoms with E-state index < -0.39 is 17.7 Å². The Kier molecular flexibility index (Phi) is 5.11. The molecule has 0 aliphatic rings. The van der Waals surface area contributed by atoms with Crippen LogP contribution in [0.15, 0.2) is 22.7 Å². The molecule has 0 aliphatic carbocycles. The smallest absolute Gasteiger partial charge is 0.131 e. The Balaban J connectivity index is 2.31. The lowest BCUT2D eigenvalue weighted by Gasteiger charge is -2.13. The molecule has 0 amide bonds. The van der Waals surface area contributed by atoms with Gasteiger partial charge in [-0.1, -0.05) is 13.0 Å². The molecule has 1 unspecified atom stereocenters. The monoisotopic (exact) mass is 358 g/mol. The highest BCUT2D eigenvalue weighted by Gasteiger charge is 2.20. The summed E-state index contributed by atoms with van der Waals surface area (Å²) in [4.78, 5) is 0. The average molecular weight is 359 g/mol. The minimum atomic E-state index is -1.05. The summed E-state index contributed by atoms with van der Waals surface area (Å²) in [6.45, 7) is 4.60. The summed E-state index contributed by atoms with van der Waals surface area (Å²) in [5, 5.41) is 14.7. The zero-order valence-corrected chi connectivity index (χ0v) is 13.5. The van der Waals surface area contributed by atoms with Crippen LogP contribution in [-0.4, -0.2) is 14.9 Å². The number of aryl methyl sites for hydroxylation is 2. The van der Waals surface area contributed by atoms with Crippen LogP contribution in [0.4, 0.5) is 8.78 Å². The quantitative estimate of drug-likeness (QED) is 0.882. The van der Waals surface area contributed by atoms with Gasteiger partial charge in [0.15, 0.2) is 0 Å². The molecular weight excluding hydrogens is 342 g/mol. The number of halogens is 3. The van der Waals surface area contributed by atoms with Crippen LogP contribution in [0.1, 0.15) is 36.9 Å². The van der Waals surface area contributed by atoms with Crippen LogP contribution in [0.25, 0.3) is 0 Å². The van der Waals surface area contributed by atoms with Crippen molar-refractivity contribution in [3.05, 3.63) is 51.3 Å². The summed E-state index contributed by atoms with van der Waals surface area (Å²) >= 11 is 3.49. The normalized spacial score (nSPS) is 12.7. The highest BCUT2D eigenvalue weighted by atomic mass is 79.9. The largest absolute Gasteiger partial charge is 0.388 e. The highest BCUT2D eigenvalue weighted by Crippen LogP contribution is 2.28. The number of aromatic nitrogens is 2. The zero-order chi connectivity index (χ0) is 15.6. The molecule has 1 aromatic carbocycles. The minimum absolute atomic E-state index is 0.0881. The van der Waals surface area contributed by atoms with Crippen LogP contribution in [0, 0.1) is 11.6 Å². The molecule has 1 aromatic heterocycles. The van der Waals surface area contributed by atoms with Crippen molar-refractivity contribution in [1.29, 1.82) is 0 Å². The van der Waals surface area contributed by atoms with E-state index in [1.807, 2.05) is 13.8 Å². The number of hydrogen-bond acceptors (Lipinski definition) is 2. The summed E-state index contributed by atoms with van der Waals surface area (Å²) in [5.41, 5.74) is 1.80. The molecule has 21 heavy (non-hydrogen) atoms. The van der Waals surface area contributed by atoms with E-state index in [0.29, 0.717) is 6.54 Å². The molecule has 1 N–H and O–H groups in total. The van der Waals surface area contributed by atoms with Crippen molar-refractivity contribution in [2.45, 2.75) is 39.3 Å². The average Bonchev–Trinajstić information content (AvgIpc) is 2.75. The van der Waals surface area contributed by atoms with Gasteiger partial charge in [0, 0.05) is 24.6 Å². The van der Waals surface area contributed by atoms with Gasteiger partial charge in [0.1, 0.15) is 11.6 Å². The maximum atomic E-state index is 13.7. The Morgan fingerprint density at radius 3 is 2.62 bits per heavy atom. The minimum Gasteiger partial charge on any atom is -0.388 e. The van der Waals surface area contributed by atoms with Crippen LogP contribution < -0.4 is 0 Å². The van der Waals surface area contributed by atoms with Gasteiger partial charge in [-0.25, -0.2) is 8.78 Å². The lowest BCUT2D eigenvalue weighted by atomic mass is 10.0. The van der Waals surface area contributed by atoms with Crippen molar-refractivity contribution in [3.63, 3.8) is 0 Å². The highest BCUT2D eigenvalue weighted by molar-refractivity contribution is 9.10. The molecule has 0 saturated carbocycles. The van der Waals surface area contributed by atoms with Crippen LogP contribution in [-0.2, 0) is 19.4 Å². The third kappa shape index (κ3) is 3.32. The molecule has 0 fully saturated rings. The first-order valence-corrected chi connectivity index (χ1v) is 7.64. The maximum Gasteiger partial charge on any atom is 0.131 e. The Hall–Kier alpha value is -1.27. The van der Waals surface area contributed by atoms with Crippen molar-refractivity contribution >= 4 is 15.9 Å². The van der Waals surface area contributed by atoms with Gasteiger partial charge >= 0.3 is 0 Å². The van der Waals surface area contributed by atoms with E-state index in [0.717, 1.165) is 34.4 Å². The molecule has 0 aliphatic heterocycles. The van der Waals surface area contributed by atoms with Gasteiger partial charge in [0.2, 0.25) is 0 Å². The van der Waals surface area contributed by atoms with Gasteiger partial charge in [-0.3, -0.25) is 4.68 Å². The molecular formula is C15H17BrF2N2O. The van der Waals surface area contributed by atoms with Crippen LogP contribution in [0.2, 0.25) is 0 Å². The molecule has 6 heteroatoms. The predicted octanol–water partition coefficient (Wildman–Crippen LogP) is 3.78. The summed E-state index contributed by atoms with van der Waals surface area (Å²) in [6.07, 6.45) is -0.0698. The SMILES string of the molecule is CCc1nn(CC)c(CC(O)c2ccc(F)cc2F)c1Br. The van der Waals surface area contributed by atoms with E-state index in [9.17, 15) is 13.9 Å². The molecule has 1 atom stereocenters. The van der Waals surface area contributed by atoms with Crippen LogP contribution >= 0.6 is 15.9 Å². The molecule has 114 valence electrons. The lowest BCUT2D eigenvalue weighted by molar-refractivity contribution is 0.170. The number of aliphatic hydroxyl groups excluding tert-OH is 1. The molecule has 1 heterocycles. The summed E-state index contributed by atoms with van der Waals surface area (Å²) in [6, 6.07) is 3.20. The number of aliphatic hydroxyl groups is 1. The van der Waals surface area contributed by atoms with Crippen molar-refractivity contribution in [3.8, 4) is 0 Å². The molecule has 0 saturated heterocycles. The van der Waals surface area contributed by atoms with E-state index >= 15 is 0 Å². The van der Waals surface area contributed by atoms with Crippen molar-refractivity contribution in [2.75, 3.05) is 0 Å². The number of hydrogen-bond donors (Lipinski definition) is 1. The Bertz CT molecular complexity index is 643. The van der Waals surface area contributed by atoms with Gasteiger partial charge in [0.05, 0.1) is 22.0 Å².